The smallest absolute Gasteiger partial charge is 0.0613 e. The largest absolute Gasteiger partial charge is 0.396 e. The Bertz CT molecular complexity index is 111. The predicted octanol–water partition coefficient (Wildman–Crippen LogP) is -0.127. The highest BCUT2D eigenvalue weighted by Gasteiger charge is 2.31. The van der Waals surface area contributed by atoms with Gasteiger partial charge in [-0.2, -0.15) is 0 Å². The van der Waals surface area contributed by atoms with E-state index < -0.39 is 0 Å². The van der Waals surface area contributed by atoms with E-state index in [1.807, 2.05) is 0 Å². The van der Waals surface area contributed by atoms with Gasteiger partial charge in [-0.1, -0.05) is 0 Å². The maximum Gasteiger partial charge on any atom is 0.0613 e. The first-order valence-electron chi connectivity index (χ1n) is 4.30. The van der Waals surface area contributed by atoms with Crippen molar-refractivity contribution < 1.29 is 10.2 Å². The highest BCUT2D eigenvalue weighted by Crippen LogP contribution is 2.23. The van der Waals surface area contributed by atoms with Gasteiger partial charge >= 0.3 is 0 Å². The molecule has 0 aromatic carbocycles. The van der Waals surface area contributed by atoms with Crippen molar-refractivity contribution in [2.75, 3.05) is 19.8 Å². The van der Waals surface area contributed by atoms with E-state index >= 15 is 0 Å². The van der Waals surface area contributed by atoms with E-state index in [0.29, 0.717) is 0 Å². The third-order valence-electron chi connectivity index (χ3n) is 2.45. The molecule has 0 aliphatic carbocycles. The minimum atomic E-state index is -0.0667. The van der Waals surface area contributed by atoms with Gasteiger partial charge < -0.3 is 15.5 Å². The highest BCUT2D eigenvalue weighted by atomic mass is 16.3. The molecular formula is C8H17NO2. The molecule has 3 nitrogen and oxygen atoms in total. The zero-order valence-corrected chi connectivity index (χ0v) is 6.84. The standard InChI is InChI=1S/C8H17NO2/c10-6-2-4-8(7-11)3-1-5-9-8/h9-11H,1-7H2. The lowest BCUT2D eigenvalue weighted by atomic mass is 9.93. The molecule has 0 saturated carbocycles. The quantitative estimate of drug-likeness (QED) is 0.536. The minimum absolute atomic E-state index is 0.0667. The van der Waals surface area contributed by atoms with Crippen molar-refractivity contribution in [1.29, 1.82) is 0 Å². The Morgan fingerprint density at radius 2 is 2.18 bits per heavy atom. The zero-order chi connectivity index (χ0) is 8.16. The summed E-state index contributed by atoms with van der Waals surface area (Å²) in [7, 11) is 0. The summed E-state index contributed by atoms with van der Waals surface area (Å²) in [6, 6.07) is 0. The van der Waals surface area contributed by atoms with Crippen LogP contribution in [0.2, 0.25) is 0 Å². The lowest BCUT2D eigenvalue weighted by Crippen LogP contribution is -2.43. The Balaban J connectivity index is 2.33. The fourth-order valence-corrected chi connectivity index (χ4v) is 1.71. The van der Waals surface area contributed by atoms with Crippen LogP contribution in [0.15, 0.2) is 0 Å². The zero-order valence-electron chi connectivity index (χ0n) is 6.84. The van der Waals surface area contributed by atoms with Crippen molar-refractivity contribution in [3.05, 3.63) is 0 Å². The van der Waals surface area contributed by atoms with Gasteiger partial charge in [-0.3, -0.25) is 0 Å². The Labute approximate surface area is 67.4 Å². The van der Waals surface area contributed by atoms with E-state index in [0.717, 1.165) is 32.2 Å². The van der Waals surface area contributed by atoms with Crippen LogP contribution in [0, 0.1) is 0 Å². The summed E-state index contributed by atoms with van der Waals surface area (Å²) in [5, 5.41) is 21.0. The van der Waals surface area contributed by atoms with E-state index in [1.165, 1.54) is 0 Å². The Morgan fingerprint density at radius 3 is 2.64 bits per heavy atom. The first-order valence-corrected chi connectivity index (χ1v) is 4.30. The van der Waals surface area contributed by atoms with Crippen LogP contribution in [-0.2, 0) is 0 Å². The Kier molecular flexibility index (Phi) is 3.30. The number of rotatable bonds is 4. The first kappa shape index (κ1) is 8.97. The second kappa shape index (κ2) is 4.04. The maximum atomic E-state index is 9.10. The van der Waals surface area contributed by atoms with Crippen LogP contribution in [0.1, 0.15) is 25.7 Å². The van der Waals surface area contributed by atoms with E-state index in [1.54, 1.807) is 0 Å². The molecule has 0 bridgehead atoms. The number of aliphatic hydroxyl groups excluding tert-OH is 2. The Hall–Kier alpha value is -0.120. The lowest BCUT2D eigenvalue weighted by Gasteiger charge is -2.26. The molecule has 0 aromatic rings. The van der Waals surface area contributed by atoms with Crippen molar-refractivity contribution in [2.24, 2.45) is 0 Å². The molecule has 66 valence electrons. The molecule has 0 amide bonds. The second-order valence-corrected chi connectivity index (χ2v) is 3.30. The van der Waals surface area contributed by atoms with Crippen LogP contribution >= 0.6 is 0 Å². The van der Waals surface area contributed by atoms with E-state index in [2.05, 4.69) is 5.32 Å². The molecule has 1 heterocycles. The summed E-state index contributed by atoms with van der Waals surface area (Å²) < 4.78 is 0. The SMILES string of the molecule is OCCCC1(CO)CCCN1. The van der Waals surface area contributed by atoms with Gasteiger partial charge in [0.2, 0.25) is 0 Å². The van der Waals surface area contributed by atoms with Crippen molar-refractivity contribution >= 4 is 0 Å². The summed E-state index contributed by atoms with van der Waals surface area (Å²) in [5.41, 5.74) is -0.0667. The van der Waals surface area contributed by atoms with E-state index in [9.17, 15) is 0 Å². The van der Waals surface area contributed by atoms with Crippen molar-refractivity contribution in [3.8, 4) is 0 Å². The molecular weight excluding hydrogens is 142 g/mol. The van der Waals surface area contributed by atoms with Crippen LogP contribution in [0.3, 0.4) is 0 Å². The molecule has 1 unspecified atom stereocenters. The van der Waals surface area contributed by atoms with E-state index in [-0.39, 0.29) is 18.8 Å². The third kappa shape index (κ3) is 2.15. The molecule has 1 rings (SSSR count). The molecule has 0 radical (unpaired) electrons. The van der Waals surface area contributed by atoms with Gasteiger partial charge in [0, 0.05) is 12.1 Å². The van der Waals surface area contributed by atoms with Gasteiger partial charge in [-0.15, -0.1) is 0 Å². The number of aliphatic hydroxyl groups is 2. The van der Waals surface area contributed by atoms with Crippen molar-refractivity contribution in [3.63, 3.8) is 0 Å². The molecule has 1 fully saturated rings. The van der Waals surface area contributed by atoms with Crippen LogP contribution in [-0.4, -0.2) is 35.5 Å². The van der Waals surface area contributed by atoms with Crippen LogP contribution < -0.4 is 5.32 Å². The molecule has 3 heteroatoms. The summed E-state index contributed by atoms with van der Waals surface area (Å²) in [6.45, 7) is 1.43. The van der Waals surface area contributed by atoms with Gasteiger partial charge in [0.1, 0.15) is 0 Å². The molecule has 1 atom stereocenters. The normalized spacial score (nSPS) is 31.1. The number of hydrogen-bond acceptors (Lipinski definition) is 3. The van der Waals surface area contributed by atoms with Gasteiger partial charge in [-0.25, -0.2) is 0 Å². The fraction of sp³-hybridized carbons (Fsp3) is 1.00. The van der Waals surface area contributed by atoms with Gasteiger partial charge in [0.25, 0.3) is 0 Å². The summed E-state index contributed by atoms with van der Waals surface area (Å²) >= 11 is 0. The topological polar surface area (TPSA) is 52.5 Å². The first-order chi connectivity index (χ1) is 5.33. The molecule has 3 N–H and O–H groups in total. The predicted molar refractivity (Wildman–Crippen MR) is 43.4 cm³/mol. The lowest BCUT2D eigenvalue weighted by molar-refractivity contribution is 0.156. The molecule has 1 aliphatic rings. The van der Waals surface area contributed by atoms with Crippen LogP contribution in [0.4, 0.5) is 0 Å². The fourth-order valence-electron chi connectivity index (χ4n) is 1.71. The second-order valence-electron chi connectivity index (χ2n) is 3.30. The minimum Gasteiger partial charge on any atom is -0.396 e. The summed E-state index contributed by atoms with van der Waals surface area (Å²) in [4.78, 5) is 0. The average molecular weight is 159 g/mol. The molecule has 1 saturated heterocycles. The van der Waals surface area contributed by atoms with Crippen molar-refractivity contribution in [1.82, 2.24) is 5.32 Å². The van der Waals surface area contributed by atoms with Gasteiger partial charge in [0.15, 0.2) is 0 Å². The van der Waals surface area contributed by atoms with Gasteiger partial charge in [0.05, 0.1) is 6.61 Å². The average Bonchev–Trinajstić information content (AvgIpc) is 2.50. The van der Waals surface area contributed by atoms with E-state index in [4.69, 9.17) is 10.2 Å². The Morgan fingerprint density at radius 1 is 1.36 bits per heavy atom. The highest BCUT2D eigenvalue weighted by molar-refractivity contribution is 4.91. The molecule has 0 spiro atoms. The molecule has 0 aromatic heterocycles. The number of hydrogen-bond donors (Lipinski definition) is 3. The maximum absolute atomic E-state index is 9.10. The molecule has 1 aliphatic heterocycles. The third-order valence-corrected chi connectivity index (χ3v) is 2.45. The number of nitrogens with one attached hydrogen (secondary N) is 1. The van der Waals surface area contributed by atoms with Gasteiger partial charge in [-0.05, 0) is 32.2 Å². The van der Waals surface area contributed by atoms with Crippen LogP contribution in [0.25, 0.3) is 0 Å². The summed E-state index contributed by atoms with van der Waals surface area (Å²) in [6.07, 6.45) is 3.86. The monoisotopic (exact) mass is 159 g/mol. The van der Waals surface area contributed by atoms with Crippen molar-refractivity contribution in [2.45, 2.75) is 31.2 Å². The summed E-state index contributed by atoms with van der Waals surface area (Å²) in [5.74, 6) is 0. The molecule has 11 heavy (non-hydrogen) atoms. The van der Waals surface area contributed by atoms with Crippen LogP contribution in [0.5, 0.6) is 0 Å².